The molecule has 32 heavy (non-hydrogen) atoms. The lowest BCUT2D eigenvalue weighted by Gasteiger charge is -2.37. The molecule has 0 spiro atoms. The fourth-order valence-electron chi connectivity index (χ4n) is 3.47. The van der Waals surface area contributed by atoms with Gasteiger partial charge in [-0.05, 0) is 31.0 Å². The molecular weight excluding hydrogens is 420 g/mol. The number of piperidine rings is 1. The van der Waals surface area contributed by atoms with Gasteiger partial charge in [0.15, 0.2) is 6.10 Å². The average Bonchev–Trinajstić information content (AvgIpc) is 3.60. The van der Waals surface area contributed by atoms with E-state index < -0.39 is 24.5 Å². The molecule has 1 N–H and O–H groups in total. The number of amides is 2. The van der Waals surface area contributed by atoms with Crippen LogP contribution in [0.2, 0.25) is 0 Å². The second-order valence-electron chi connectivity index (χ2n) is 7.85. The molecule has 1 aliphatic carbocycles. The van der Waals surface area contributed by atoms with Crippen LogP contribution in [0.1, 0.15) is 24.8 Å². The van der Waals surface area contributed by atoms with Gasteiger partial charge < -0.3 is 15.0 Å². The first-order chi connectivity index (χ1) is 15.3. The zero-order chi connectivity index (χ0) is 22.9. The van der Waals surface area contributed by atoms with Gasteiger partial charge in [-0.1, -0.05) is 0 Å². The zero-order valence-corrected chi connectivity index (χ0v) is 17.1. The first-order valence-electron chi connectivity index (χ1n) is 10.1. The predicted octanol–water partition coefficient (Wildman–Crippen LogP) is 2.81. The number of hydrogen-bond donors (Lipinski definition) is 1. The summed E-state index contributed by atoms with van der Waals surface area (Å²) in [4.78, 5) is 32.4. The average molecular weight is 440 g/mol. The Morgan fingerprint density at radius 3 is 2.69 bits per heavy atom. The second kappa shape index (κ2) is 8.49. The third-order valence-electron chi connectivity index (χ3n) is 5.42. The predicted molar refractivity (Wildman–Crippen MR) is 109 cm³/mol. The highest BCUT2D eigenvalue weighted by atomic mass is 19.3. The molecule has 2 heterocycles. The molecule has 2 aromatic rings. The molecular formula is C22H20F2N5O3. The Morgan fingerprint density at radius 2 is 2.03 bits per heavy atom. The molecule has 1 atom stereocenters. The van der Waals surface area contributed by atoms with Crippen LogP contribution in [0.15, 0.2) is 30.6 Å². The number of anilines is 1. The molecule has 2 amide bonds. The number of hydrogen-bond acceptors (Lipinski definition) is 6. The molecule has 8 nitrogen and oxygen atoms in total. The van der Waals surface area contributed by atoms with Crippen molar-refractivity contribution in [2.75, 3.05) is 18.4 Å². The normalized spacial score (nSPS) is 19.7. The number of nitrogens with one attached hydrogen (secondary N) is 1. The van der Waals surface area contributed by atoms with Crippen molar-refractivity contribution in [2.24, 2.45) is 5.92 Å². The van der Waals surface area contributed by atoms with Gasteiger partial charge in [-0.2, -0.15) is 5.26 Å². The standard InChI is InChI=1S/C22H20F2N5O3/c1-13(30)29-7-6-19(22(23,24)11-29)32-18-5-4-15(8-16(18)10-25)17-9-20(27-12-26-17)28-21(31)14-2-3-14/h4-5,8-9,12,14,19H,1-3,6-7,11H2,(H,26,27,28,31)/t19-/m0/s1. The van der Waals surface area contributed by atoms with Crippen molar-refractivity contribution in [3.63, 3.8) is 0 Å². The molecule has 1 aromatic heterocycles. The maximum absolute atomic E-state index is 14.5. The number of carbonyl (C=O) groups excluding carboxylic acids is 2. The molecule has 2 aliphatic rings. The first kappa shape index (κ1) is 21.6. The molecule has 2 fully saturated rings. The molecule has 10 heteroatoms. The number of rotatable bonds is 5. The minimum Gasteiger partial charge on any atom is -0.483 e. The molecule has 165 valence electrons. The number of likely N-dealkylation sites (tertiary alicyclic amines) is 1. The van der Waals surface area contributed by atoms with Crippen molar-refractivity contribution in [3.8, 4) is 23.1 Å². The van der Waals surface area contributed by atoms with Gasteiger partial charge in [0.05, 0.1) is 17.8 Å². The number of alkyl halides is 2. The summed E-state index contributed by atoms with van der Waals surface area (Å²) in [5, 5.41) is 12.3. The van der Waals surface area contributed by atoms with E-state index in [1.165, 1.54) is 18.5 Å². The number of benzene rings is 1. The zero-order valence-electron chi connectivity index (χ0n) is 17.1. The molecule has 1 aromatic carbocycles. The van der Waals surface area contributed by atoms with E-state index in [1.54, 1.807) is 12.1 Å². The van der Waals surface area contributed by atoms with Crippen LogP contribution in [0.5, 0.6) is 5.75 Å². The van der Waals surface area contributed by atoms with E-state index in [4.69, 9.17) is 4.74 Å². The minimum absolute atomic E-state index is 0.0200. The summed E-state index contributed by atoms with van der Waals surface area (Å²) in [5.41, 5.74) is 1.07. The quantitative estimate of drug-likeness (QED) is 0.766. The topological polar surface area (TPSA) is 108 Å². The lowest BCUT2D eigenvalue weighted by atomic mass is 10.0. The van der Waals surface area contributed by atoms with Crippen molar-refractivity contribution in [3.05, 3.63) is 43.1 Å². The molecule has 4 rings (SSSR count). The molecule has 1 saturated heterocycles. The third-order valence-corrected chi connectivity index (χ3v) is 5.42. The largest absolute Gasteiger partial charge is 0.483 e. The highest BCUT2D eigenvalue weighted by Crippen LogP contribution is 2.34. The monoisotopic (exact) mass is 440 g/mol. The van der Waals surface area contributed by atoms with Crippen LogP contribution in [0, 0.1) is 24.2 Å². The Labute approximate surface area is 183 Å². The summed E-state index contributed by atoms with van der Waals surface area (Å²) in [7, 11) is 0. The number of halogens is 2. The lowest BCUT2D eigenvalue weighted by molar-refractivity contribution is -0.156. The minimum atomic E-state index is -3.28. The van der Waals surface area contributed by atoms with Crippen LogP contribution in [-0.2, 0) is 9.59 Å². The molecule has 0 bridgehead atoms. The summed E-state index contributed by atoms with van der Waals surface area (Å²) in [5.74, 6) is -3.65. The van der Waals surface area contributed by atoms with Crippen LogP contribution >= 0.6 is 0 Å². The van der Waals surface area contributed by atoms with Crippen LogP contribution in [0.4, 0.5) is 14.6 Å². The Balaban J connectivity index is 1.52. The van der Waals surface area contributed by atoms with Crippen LogP contribution in [0.3, 0.4) is 0 Å². The van der Waals surface area contributed by atoms with E-state index >= 15 is 0 Å². The summed E-state index contributed by atoms with van der Waals surface area (Å²) >= 11 is 0. The van der Waals surface area contributed by atoms with Gasteiger partial charge in [0.1, 0.15) is 24.0 Å². The Morgan fingerprint density at radius 1 is 1.25 bits per heavy atom. The fourth-order valence-corrected chi connectivity index (χ4v) is 3.47. The van der Waals surface area contributed by atoms with Crippen molar-refractivity contribution in [1.29, 1.82) is 5.26 Å². The van der Waals surface area contributed by atoms with Crippen LogP contribution < -0.4 is 10.1 Å². The van der Waals surface area contributed by atoms with Crippen molar-refractivity contribution >= 4 is 17.6 Å². The van der Waals surface area contributed by atoms with Gasteiger partial charge in [-0.3, -0.25) is 9.59 Å². The van der Waals surface area contributed by atoms with Crippen LogP contribution in [0.25, 0.3) is 11.3 Å². The molecule has 1 aliphatic heterocycles. The van der Waals surface area contributed by atoms with Crippen LogP contribution in [-0.4, -0.2) is 51.8 Å². The Bertz CT molecular complexity index is 1100. The van der Waals surface area contributed by atoms with Gasteiger partial charge in [0.2, 0.25) is 11.8 Å². The van der Waals surface area contributed by atoms with Gasteiger partial charge in [0.25, 0.3) is 0 Å². The smallest absolute Gasteiger partial charge is 0.301 e. The van der Waals surface area contributed by atoms with Gasteiger partial charge >= 0.3 is 5.92 Å². The second-order valence-corrected chi connectivity index (χ2v) is 7.85. The summed E-state index contributed by atoms with van der Waals surface area (Å²) in [6.45, 7) is 2.49. The molecule has 1 saturated carbocycles. The number of nitrogens with zero attached hydrogens (tertiary/aromatic N) is 4. The fraction of sp³-hybridized carbons (Fsp3) is 0.364. The first-order valence-corrected chi connectivity index (χ1v) is 10.1. The Kier molecular flexibility index (Phi) is 5.74. The number of aromatic nitrogens is 2. The summed E-state index contributed by atoms with van der Waals surface area (Å²) in [6, 6.07) is 8.06. The number of nitriles is 1. The molecule has 0 unspecified atom stereocenters. The van der Waals surface area contributed by atoms with Gasteiger partial charge in [-0.25, -0.2) is 18.7 Å². The highest BCUT2D eigenvalue weighted by molar-refractivity contribution is 5.93. The van der Waals surface area contributed by atoms with E-state index in [9.17, 15) is 23.6 Å². The maximum Gasteiger partial charge on any atom is 0.301 e. The maximum atomic E-state index is 14.5. The van der Waals surface area contributed by atoms with E-state index in [-0.39, 0.29) is 36.1 Å². The van der Waals surface area contributed by atoms with E-state index in [0.717, 1.165) is 17.7 Å². The van der Waals surface area contributed by atoms with E-state index in [2.05, 4.69) is 22.2 Å². The number of carbonyl (C=O) groups is 2. The summed E-state index contributed by atoms with van der Waals surface area (Å²) in [6.07, 6.45) is 1.46. The molecule has 1 radical (unpaired) electrons. The van der Waals surface area contributed by atoms with E-state index in [1.807, 2.05) is 6.07 Å². The van der Waals surface area contributed by atoms with Gasteiger partial charge in [-0.15, -0.1) is 0 Å². The van der Waals surface area contributed by atoms with Crippen molar-refractivity contribution in [2.45, 2.75) is 31.3 Å². The van der Waals surface area contributed by atoms with Crippen molar-refractivity contribution < 1.29 is 23.1 Å². The lowest BCUT2D eigenvalue weighted by Crippen LogP contribution is -2.55. The Hall–Kier alpha value is -3.61. The summed E-state index contributed by atoms with van der Waals surface area (Å²) < 4.78 is 34.4. The SMILES string of the molecule is [CH2]C(=O)N1CC[C@H](Oc2ccc(-c3cc(NC(=O)C4CC4)ncn3)cc2C#N)C(F)(F)C1. The van der Waals surface area contributed by atoms with E-state index in [0.29, 0.717) is 17.1 Å². The highest BCUT2D eigenvalue weighted by Gasteiger charge is 2.47. The van der Waals surface area contributed by atoms with Gasteiger partial charge in [0, 0.05) is 37.4 Å². The third kappa shape index (κ3) is 4.66. The number of ether oxygens (including phenoxy) is 1. The van der Waals surface area contributed by atoms with Crippen molar-refractivity contribution in [1.82, 2.24) is 14.9 Å².